The van der Waals surface area contributed by atoms with Crippen molar-refractivity contribution >= 4 is 28.0 Å². The SMILES string of the molecule is C=C(N)c1c(Br)c[nH]c1C.CC.CC1CCC(c2cccc(CN3CCC4(CCC4)C3)c2)C1.N=CN. The maximum Gasteiger partial charge on any atom is 0.0765 e. The molecule has 6 N–H and O–H groups in total. The first kappa shape index (κ1) is 30.2. The lowest BCUT2D eigenvalue weighted by atomic mass is 9.68. The number of nitrogens with zero attached hydrogens (tertiary/aromatic N) is 1. The lowest BCUT2D eigenvalue weighted by Gasteiger charge is -2.38. The largest absolute Gasteiger partial charge is 0.399 e. The fourth-order valence-corrected chi connectivity index (χ4v) is 6.52. The molecule has 1 aromatic heterocycles. The average molecular weight is 559 g/mol. The molecule has 5 nitrogen and oxygen atoms in total. The second kappa shape index (κ2) is 14.6. The van der Waals surface area contributed by atoms with E-state index in [1.165, 1.54) is 64.6 Å². The van der Waals surface area contributed by atoms with Crippen LogP contribution in [0.25, 0.3) is 5.70 Å². The van der Waals surface area contributed by atoms with E-state index in [1.54, 1.807) is 11.1 Å². The Morgan fingerprint density at radius 1 is 1.28 bits per heavy atom. The molecular formula is C30H48BrN5. The maximum atomic E-state index is 5.86. The van der Waals surface area contributed by atoms with Crippen molar-refractivity contribution < 1.29 is 0 Å². The van der Waals surface area contributed by atoms with Crippen LogP contribution < -0.4 is 11.5 Å². The molecule has 0 bridgehead atoms. The molecule has 6 heteroatoms. The molecule has 2 aliphatic carbocycles. The van der Waals surface area contributed by atoms with Crippen LogP contribution in [0.15, 0.2) is 41.5 Å². The van der Waals surface area contributed by atoms with E-state index >= 15 is 0 Å². The molecule has 3 fully saturated rings. The lowest BCUT2D eigenvalue weighted by molar-refractivity contribution is 0.137. The van der Waals surface area contributed by atoms with E-state index in [0.29, 0.717) is 5.70 Å². The molecule has 1 spiro atoms. The first-order valence-corrected chi connectivity index (χ1v) is 14.4. The number of nitrogens with two attached hydrogens (primary N) is 2. The van der Waals surface area contributed by atoms with Crippen LogP contribution >= 0.6 is 15.9 Å². The van der Waals surface area contributed by atoms with E-state index in [4.69, 9.17) is 11.1 Å². The molecule has 2 atom stereocenters. The van der Waals surface area contributed by atoms with E-state index in [1.807, 2.05) is 27.0 Å². The quantitative estimate of drug-likeness (QED) is 0.230. The molecule has 2 saturated carbocycles. The van der Waals surface area contributed by atoms with Crippen molar-refractivity contribution in [3.05, 3.63) is 63.9 Å². The summed E-state index contributed by atoms with van der Waals surface area (Å²) in [6.45, 7) is 15.9. The third kappa shape index (κ3) is 8.24. The van der Waals surface area contributed by atoms with Crippen LogP contribution in [0, 0.1) is 23.7 Å². The van der Waals surface area contributed by atoms with Gasteiger partial charge in [0.15, 0.2) is 0 Å². The number of nitrogens with one attached hydrogen (secondary N) is 2. The normalized spacial score (nSPS) is 21.7. The summed E-state index contributed by atoms with van der Waals surface area (Å²) >= 11 is 3.35. The minimum absolute atomic E-state index is 0.589. The van der Waals surface area contributed by atoms with Gasteiger partial charge in [-0.25, -0.2) is 0 Å². The van der Waals surface area contributed by atoms with Gasteiger partial charge in [0.2, 0.25) is 0 Å². The molecule has 0 amide bonds. The first-order chi connectivity index (χ1) is 17.3. The Bertz CT molecular complexity index is 942. The minimum Gasteiger partial charge on any atom is -0.399 e. The fourth-order valence-electron chi connectivity index (χ4n) is 5.85. The van der Waals surface area contributed by atoms with Gasteiger partial charge in [-0.05, 0) is 89.9 Å². The second-order valence-corrected chi connectivity index (χ2v) is 11.4. The predicted octanol–water partition coefficient (Wildman–Crippen LogP) is 7.56. The highest BCUT2D eigenvalue weighted by molar-refractivity contribution is 9.10. The van der Waals surface area contributed by atoms with Crippen molar-refractivity contribution in [1.82, 2.24) is 9.88 Å². The number of hydrogen-bond donors (Lipinski definition) is 4. The number of halogens is 1. The van der Waals surface area contributed by atoms with Crippen LogP contribution in [0.1, 0.15) is 94.0 Å². The lowest BCUT2D eigenvalue weighted by Crippen LogP contribution is -2.32. The first-order valence-electron chi connectivity index (χ1n) is 13.6. The van der Waals surface area contributed by atoms with Gasteiger partial charge >= 0.3 is 0 Å². The van der Waals surface area contributed by atoms with Crippen molar-refractivity contribution in [2.75, 3.05) is 13.1 Å². The van der Waals surface area contributed by atoms with Crippen molar-refractivity contribution in [3.8, 4) is 0 Å². The zero-order chi connectivity index (χ0) is 26.7. The monoisotopic (exact) mass is 557 g/mol. The molecular weight excluding hydrogens is 510 g/mol. The third-order valence-corrected chi connectivity index (χ3v) is 8.43. The molecule has 2 heterocycles. The molecule has 3 aliphatic rings. The minimum atomic E-state index is 0.589. The number of rotatable bonds is 4. The number of aromatic nitrogens is 1. The van der Waals surface area contributed by atoms with Gasteiger partial charge in [-0.2, -0.15) is 0 Å². The van der Waals surface area contributed by atoms with Crippen molar-refractivity contribution in [2.45, 2.75) is 85.1 Å². The van der Waals surface area contributed by atoms with Crippen LogP contribution in [-0.2, 0) is 6.54 Å². The standard InChI is InChI=1S/C20H29N.C7H9BrN2.C2H6.CH4N2/c1-16-6-7-19(12-16)18-5-2-4-17(13-18)14-21-11-10-20(15-21)8-3-9-20;1-4(9)7-5(2)10-3-6(7)8;1-2;2-1-3/h2,4-5,13,16,19H,3,6-12,14-15H2,1H3;3,10H,1,9H2,2H3;1-2H3;1H,(H3,2,3). The van der Waals surface area contributed by atoms with E-state index in [9.17, 15) is 0 Å². The zero-order valence-electron chi connectivity index (χ0n) is 22.9. The second-order valence-electron chi connectivity index (χ2n) is 10.5. The van der Waals surface area contributed by atoms with Crippen LogP contribution in [0.3, 0.4) is 0 Å². The summed E-state index contributed by atoms with van der Waals surface area (Å²) < 4.78 is 0.970. The molecule has 2 aromatic rings. The van der Waals surface area contributed by atoms with Gasteiger partial charge in [0, 0.05) is 40.7 Å². The van der Waals surface area contributed by atoms with Crippen molar-refractivity contribution in [2.24, 2.45) is 22.8 Å². The third-order valence-electron chi connectivity index (χ3n) is 7.81. The van der Waals surface area contributed by atoms with Crippen LogP contribution in [-0.4, -0.2) is 29.3 Å². The Labute approximate surface area is 227 Å². The summed E-state index contributed by atoms with van der Waals surface area (Å²) in [7, 11) is 0. The van der Waals surface area contributed by atoms with Gasteiger partial charge in [0.25, 0.3) is 0 Å². The summed E-state index contributed by atoms with van der Waals surface area (Å²) in [5.41, 5.74) is 16.4. The molecule has 200 valence electrons. The van der Waals surface area contributed by atoms with E-state index in [2.05, 4.69) is 69.3 Å². The smallest absolute Gasteiger partial charge is 0.0765 e. The summed E-state index contributed by atoms with van der Waals surface area (Å²) in [4.78, 5) is 5.73. The molecule has 1 aliphatic heterocycles. The van der Waals surface area contributed by atoms with Crippen LogP contribution in [0.5, 0.6) is 0 Å². The maximum absolute atomic E-state index is 5.86. The number of hydrogen-bond acceptors (Lipinski definition) is 3. The highest BCUT2D eigenvalue weighted by Crippen LogP contribution is 2.48. The number of H-pyrrole nitrogens is 1. The Hall–Kier alpha value is -2.05. The Morgan fingerprint density at radius 3 is 2.42 bits per heavy atom. The highest BCUT2D eigenvalue weighted by Gasteiger charge is 2.42. The van der Waals surface area contributed by atoms with Crippen molar-refractivity contribution in [3.63, 3.8) is 0 Å². The van der Waals surface area contributed by atoms with Crippen LogP contribution in [0.2, 0.25) is 0 Å². The summed E-state index contributed by atoms with van der Waals surface area (Å²) in [6, 6.07) is 9.51. The Morgan fingerprint density at radius 2 is 1.97 bits per heavy atom. The van der Waals surface area contributed by atoms with E-state index in [0.717, 1.165) is 39.3 Å². The van der Waals surface area contributed by atoms with Gasteiger partial charge in [-0.15, -0.1) is 0 Å². The summed E-state index contributed by atoms with van der Waals surface area (Å²) in [5.74, 6) is 1.76. The molecule has 1 saturated heterocycles. The molecule has 0 radical (unpaired) electrons. The van der Waals surface area contributed by atoms with Gasteiger partial charge < -0.3 is 16.5 Å². The average Bonchev–Trinajstić information content (AvgIpc) is 3.55. The van der Waals surface area contributed by atoms with Gasteiger partial charge in [0.05, 0.1) is 6.34 Å². The highest BCUT2D eigenvalue weighted by atomic mass is 79.9. The number of likely N-dealkylation sites (tertiary alicyclic amines) is 1. The summed E-state index contributed by atoms with van der Waals surface area (Å²) in [5, 5.41) is 5.86. The number of benzene rings is 1. The summed E-state index contributed by atoms with van der Waals surface area (Å²) in [6.07, 6.45) is 12.7. The van der Waals surface area contributed by atoms with Gasteiger partial charge in [0.1, 0.15) is 0 Å². The van der Waals surface area contributed by atoms with Gasteiger partial charge in [-0.1, -0.05) is 64.5 Å². The molecule has 36 heavy (non-hydrogen) atoms. The molecule has 1 aromatic carbocycles. The molecule has 5 rings (SSSR count). The fraction of sp³-hybridized carbons (Fsp3) is 0.567. The van der Waals surface area contributed by atoms with Crippen molar-refractivity contribution in [1.29, 1.82) is 5.41 Å². The Kier molecular flexibility index (Phi) is 12.3. The number of aromatic amines is 1. The topological polar surface area (TPSA) is 94.9 Å². The zero-order valence-corrected chi connectivity index (χ0v) is 24.5. The van der Waals surface area contributed by atoms with Gasteiger partial charge in [-0.3, -0.25) is 10.3 Å². The Balaban J connectivity index is 0.000000256. The number of aryl methyl sites for hydroxylation is 1. The van der Waals surface area contributed by atoms with E-state index < -0.39 is 0 Å². The molecule has 2 unspecified atom stereocenters. The van der Waals surface area contributed by atoms with Crippen LogP contribution in [0.4, 0.5) is 0 Å². The van der Waals surface area contributed by atoms with E-state index in [-0.39, 0.29) is 0 Å². The predicted molar refractivity (Wildman–Crippen MR) is 159 cm³/mol.